The third-order valence-electron chi connectivity index (χ3n) is 3.47. The van der Waals surface area contributed by atoms with E-state index >= 15 is 0 Å². The number of aliphatic hydroxyl groups excluding tert-OH is 1. The van der Waals surface area contributed by atoms with Crippen LogP contribution in [0.5, 0.6) is 0 Å². The molecule has 0 amide bonds. The van der Waals surface area contributed by atoms with E-state index in [4.69, 9.17) is 0 Å². The molecular formula is C14H22N2O2. The van der Waals surface area contributed by atoms with E-state index in [-0.39, 0.29) is 17.6 Å². The summed E-state index contributed by atoms with van der Waals surface area (Å²) in [6, 6.07) is 3.83. The zero-order chi connectivity index (χ0) is 13.1. The van der Waals surface area contributed by atoms with Gasteiger partial charge in [-0.2, -0.15) is 0 Å². The summed E-state index contributed by atoms with van der Waals surface area (Å²) in [5.74, 6) is 0. The highest BCUT2D eigenvalue weighted by Crippen LogP contribution is 2.27. The summed E-state index contributed by atoms with van der Waals surface area (Å²) in [7, 11) is 0. The van der Waals surface area contributed by atoms with E-state index in [9.17, 15) is 9.90 Å². The number of hydrogen-bond donors (Lipinski definition) is 2. The van der Waals surface area contributed by atoms with Crippen LogP contribution in [0.2, 0.25) is 0 Å². The highest BCUT2D eigenvalue weighted by atomic mass is 16.3. The number of anilines is 1. The Bertz CT molecular complexity index is 453. The molecule has 0 saturated heterocycles. The number of aliphatic hydroxyl groups is 1. The standard InChI is InChI=1S/C14H22N2O2/c1-10(2)15-11-6-5-9-16(14(11)18)12-7-3-4-8-13(12)17/h5-6,9-10,12-13,15,17H,3-4,7-8H2,1-2H3/t12-,13+/m0/s1. The summed E-state index contributed by atoms with van der Waals surface area (Å²) in [4.78, 5) is 12.3. The Morgan fingerprint density at radius 3 is 2.78 bits per heavy atom. The van der Waals surface area contributed by atoms with Crippen molar-refractivity contribution >= 4 is 5.69 Å². The van der Waals surface area contributed by atoms with Crippen LogP contribution in [0, 0.1) is 0 Å². The number of pyridine rings is 1. The predicted octanol–water partition coefficient (Wildman–Crippen LogP) is 2.14. The Labute approximate surface area is 108 Å². The molecule has 2 N–H and O–H groups in total. The molecule has 0 unspecified atom stereocenters. The van der Waals surface area contributed by atoms with E-state index in [1.807, 2.05) is 19.9 Å². The van der Waals surface area contributed by atoms with Crippen molar-refractivity contribution in [2.45, 2.75) is 57.7 Å². The summed E-state index contributed by atoms with van der Waals surface area (Å²) >= 11 is 0. The van der Waals surface area contributed by atoms with Gasteiger partial charge in [-0.1, -0.05) is 12.8 Å². The van der Waals surface area contributed by atoms with Crippen LogP contribution in [0.1, 0.15) is 45.6 Å². The number of nitrogens with zero attached hydrogens (tertiary/aromatic N) is 1. The second-order valence-electron chi connectivity index (χ2n) is 5.35. The summed E-state index contributed by atoms with van der Waals surface area (Å²) in [5.41, 5.74) is 0.586. The SMILES string of the molecule is CC(C)Nc1cccn([C@H]2CCCC[C@H]2O)c1=O. The van der Waals surface area contributed by atoms with Crippen LogP contribution >= 0.6 is 0 Å². The molecule has 1 aliphatic carbocycles. The van der Waals surface area contributed by atoms with Gasteiger partial charge < -0.3 is 15.0 Å². The van der Waals surface area contributed by atoms with Gasteiger partial charge in [-0.3, -0.25) is 4.79 Å². The topological polar surface area (TPSA) is 54.3 Å². The Hall–Kier alpha value is -1.29. The molecule has 0 aromatic carbocycles. The van der Waals surface area contributed by atoms with Crippen LogP contribution in [-0.4, -0.2) is 21.8 Å². The van der Waals surface area contributed by atoms with Crippen LogP contribution in [0.25, 0.3) is 0 Å². The molecule has 4 heteroatoms. The molecule has 1 fully saturated rings. The van der Waals surface area contributed by atoms with E-state index in [0.717, 1.165) is 25.7 Å². The molecule has 0 aliphatic heterocycles. The third kappa shape index (κ3) is 2.75. The molecule has 2 rings (SSSR count). The number of rotatable bonds is 3. The molecule has 1 aromatic rings. The van der Waals surface area contributed by atoms with Gasteiger partial charge in [-0.15, -0.1) is 0 Å². The van der Waals surface area contributed by atoms with Gasteiger partial charge in [0, 0.05) is 12.2 Å². The Kier molecular flexibility index (Phi) is 4.07. The molecular weight excluding hydrogens is 228 g/mol. The number of nitrogens with one attached hydrogen (secondary N) is 1. The maximum atomic E-state index is 12.3. The minimum Gasteiger partial charge on any atom is -0.391 e. The first-order valence-electron chi connectivity index (χ1n) is 6.75. The van der Waals surface area contributed by atoms with Crippen LogP contribution in [0.4, 0.5) is 5.69 Å². The van der Waals surface area contributed by atoms with Crippen LogP contribution in [-0.2, 0) is 0 Å². The summed E-state index contributed by atoms with van der Waals surface area (Å²) in [6.45, 7) is 4.01. The van der Waals surface area contributed by atoms with E-state index < -0.39 is 6.10 Å². The first-order valence-corrected chi connectivity index (χ1v) is 6.75. The van der Waals surface area contributed by atoms with Gasteiger partial charge in [0.25, 0.3) is 5.56 Å². The van der Waals surface area contributed by atoms with Gasteiger partial charge in [-0.25, -0.2) is 0 Å². The van der Waals surface area contributed by atoms with Crippen LogP contribution in [0.15, 0.2) is 23.1 Å². The van der Waals surface area contributed by atoms with Crippen LogP contribution < -0.4 is 10.9 Å². The molecule has 18 heavy (non-hydrogen) atoms. The van der Waals surface area contributed by atoms with Gasteiger partial charge >= 0.3 is 0 Å². The average Bonchev–Trinajstić information content (AvgIpc) is 2.32. The Morgan fingerprint density at radius 2 is 2.11 bits per heavy atom. The molecule has 1 heterocycles. The predicted molar refractivity (Wildman–Crippen MR) is 73.0 cm³/mol. The fourth-order valence-corrected chi connectivity index (χ4v) is 2.61. The Balaban J connectivity index is 2.30. The maximum absolute atomic E-state index is 12.3. The minimum atomic E-state index is -0.397. The molecule has 1 aliphatic rings. The average molecular weight is 250 g/mol. The van der Waals surface area contributed by atoms with E-state index in [1.54, 1.807) is 16.8 Å². The quantitative estimate of drug-likeness (QED) is 0.864. The van der Waals surface area contributed by atoms with E-state index in [1.165, 1.54) is 0 Å². The summed E-state index contributed by atoms with van der Waals surface area (Å²) < 4.78 is 1.69. The van der Waals surface area contributed by atoms with Crippen molar-refractivity contribution < 1.29 is 5.11 Å². The minimum absolute atomic E-state index is 0.0304. The lowest BCUT2D eigenvalue weighted by Gasteiger charge is -2.29. The number of aromatic nitrogens is 1. The highest BCUT2D eigenvalue weighted by molar-refractivity contribution is 5.41. The van der Waals surface area contributed by atoms with Crippen molar-refractivity contribution in [3.63, 3.8) is 0 Å². The lowest BCUT2D eigenvalue weighted by Crippen LogP contribution is -2.35. The monoisotopic (exact) mass is 250 g/mol. The second kappa shape index (κ2) is 5.57. The van der Waals surface area contributed by atoms with Gasteiger partial charge in [0.05, 0.1) is 12.1 Å². The lowest BCUT2D eigenvalue weighted by atomic mass is 9.92. The van der Waals surface area contributed by atoms with Crippen molar-refractivity contribution in [3.05, 3.63) is 28.7 Å². The van der Waals surface area contributed by atoms with Gasteiger partial charge in [0.1, 0.15) is 5.69 Å². The third-order valence-corrected chi connectivity index (χ3v) is 3.47. The molecule has 2 atom stereocenters. The zero-order valence-electron chi connectivity index (χ0n) is 11.1. The summed E-state index contributed by atoms with van der Waals surface area (Å²) in [5, 5.41) is 13.2. The van der Waals surface area contributed by atoms with Gasteiger partial charge in [-0.05, 0) is 38.8 Å². The fourth-order valence-electron chi connectivity index (χ4n) is 2.61. The Morgan fingerprint density at radius 1 is 1.39 bits per heavy atom. The molecule has 4 nitrogen and oxygen atoms in total. The van der Waals surface area contributed by atoms with E-state index in [0.29, 0.717) is 5.69 Å². The van der Waals surface area contributed by atoms with Crippen molar-refractivity contribution in [3.8, 4) is 0 Å². The van der Waals surface area contributed by atoms with Crippen molar-refractivity contribution in [2.24, 2.45) is 0 Å². The van der Waals surface area contributed by atoms with Gasteiger partial charge in [0.15, 0.2) is 0 Å². The molecule has 0 radical (unpaired) electrons. The second-order valence-corrected chi connectivity index (χ2v) is 5.35. The van der Waals surface area contributed by atoms with E-state index in [2.05, 4.69) is 5.32 Å². The van der Waals surface area contributed by atoms with Gasteiger partial charge in [0.2, 0.25) is 0 Å². The fraction of sp³-hybridized carbons (Fsp3) is 0.643. The largest absolute Gasteiger partial charge is 0.391 e. The normalized spacial score (nSPS) is 24.2. The molecule has 1 aromatic heterocycles. The van der Waals surface area contributed by atoms with Crippen molar-refractivity contribution in [2.75, 3.05) is 5.32 Å². The number of hydrogen-bond acceptors (Lipinski definition) is 3. The van der Waals surface area contributed by atoms with Crippen LogP contribution in [0.3, 0.4) is 0 Å². The molecule has 100 valence electrons. The highest BCUT2D eigenvalue weighted by Gasteiger charge is 2.25. The van der Waals surface area contributed by atoms with Crippen molar-refractivity contribution in [1.29, 1.82) is 0 Å². The smallest absolute Gasteiger partial charge is 0.274 e. The maximum Gasteiger partial charge on any atom is 0.274 e. The first kappa shape index (κ1) is 13.1. The summed E-state index contributed by atoms with van der Waals surface area (Å²) in [6.07, 6.45) is 5.19. The lowest BCUT2D eigenvalue weighted by molar-refractivity contribution is 0.0739. The molecule has 0 spiro atoms. The molecule has 1 saturated carbocycles. The van der Waals surface area contributed by atoms with Crippen molar-refractivity contribution in [1.82, 2.24) is 4.57 Å². The zero-order valence-corrected chi connectivity index (χ0v) is 11.1. The molecule has 0 bridgehead atoms. The first-order chi connectivity index (χ1) is 8.59.